The molecule has 0 saturated carbocycles. The standard InChI is InChI=1S/C10H13NO4S2/c1-11(17(2,14)15)6-9-5-8(7-16-9)3-4-10(12)13/h3-5,7H,6H2,1-2H3,(H,12,13)/b4-3+. The Labute approximate surface area is 104 Å². The summed E-state index contributed by atoms with van der Waals surface area (Å²) in [7, 11) is -1.69. The molecular formula is C10H13NO4S2. The van der Waals surface area contributed by atoms with Crippen molar-refractivity contribution < 1.29 is 18.3 Å². The first-order valence-electron chi connectivity index (χ1n) is 4.69. The second-order valence-electron chi connectivity index (χ2n) is 3.54. The average Bonchev–Trinajstić information content (AvgIpc) is 2.61. The maximum Gasteiger partial charge on any atom is 0.328 e. The van der Waals surface area contributed by atoms with Gasteiger partial charge >= 0.3 is 5.97 Å². The first kappa shape index (κ1) is 13.9. The molecule has 0 aliphatic carbocycles. The van der Waals surface area contributed by atoms with E-state index in [1.165, 1.54) is 28.8 Å². The van der Waals surface area contributed by atoms with Crippen LogP contribution in [0.3, 0.4) is 0 Å². The van der Waals surface area contributed by atoms with E-state index in [2.05, 4.69) is 0 Å². The van der Waals surface area contributed by atoms with Crippen molar-refractivity contribution in [3.8, 4) is 0 Å². The third-order valence-corrected chi connectivity index (χ3v) is 4.24. The first-order chi connectivity index (χ1) is 7.79. The van der Waals surface area contributed by atoms with Crippen LogP contribution in [-0.4, -0.2) is 37.1 Å². The summed E-state index contributed by atoms with van der Waals surface area (Å²) in [5.41, 5.74) is 0.759. The molecule has 0 spiro atoms. The van der Waals surface area contributed by atoms with E-state index in [-0.39, 0.29) is 0 Å². The summed E-state index contributed by atoms with van der Waals surface area (Å²) in [5, 5.41) is 10.2. The Balaban J connectivity index is 2.73. The molecule has 0 fully saturated rings. The lowest BCUT2D eigenvalue weighted by Crippen LogP contribution is -2.24. The van der Waals surface area contributed by atoms with Gasteiger partial charge in [0.15, 0.2) is 0 Å². The molecule has 1 heterocycles. The highest BCUT2D eigenvalue weighted by Gasteiger charge is 2.12. The topological polar surface area (TPSA) is 74.7 Å². The number of carboxylic acids is 1. The minimum atomic E-state index is -3.19. The number of hydrogen-bond donors (Lipinski definition) is 1. The average molecular weight is 275 g/mol. The Kier molecular flexibility index (Phi) is 4.44. The molecule has 1 aromatic heterocycles. The van der Waals surface area contributed by atoms with Gasteiger partial charge in [-0.1, -0.05) is 0 Å². The fourth-order valence-corrected chi connectivity index (χ4v) is 2.43. The molecule has 5 nitrogen and oxygen atoms in total. The normalized spacial score (nSPS) is 12.4. The van der Waals surface area contributed by atoms with Crippen LogP contribution in [0.25, 0.3) is 6.08 Å². The van der Waals surface area contributed by atoms with Crippen molar-refractivity contribution in [1.82, 2.24) is 4.31 Å². The molecule has 0 aliphatic heterocycles. The summed E-state index contributed by atoms with van der Waals surface area (Å²) in [6.45, 7) is 0.296. The maximum absolute atomic E-state index is 11.2. The Morgan fingerprint density at radius 3 is 2.76 bits per heavy atom. The number of thiophene rings is 1. The van der Waals surface area contributed by atoms with E-state index in [9.17, 15) is 13.2 Å². The fourth-order valence-electron chi connectivity index (χ4n) is 1.07. The predicted octanol–water partition coefficient (Wildman–Crippen LogP) is 1.24. The second kappa shape index (κ2) is 5.44. The van der Waals surface area contributed by atoms with Crippen LogP contribution in [0.2, 0.25) is 0 Å². The quantitative estimate of drug-likeness (QED) is 0.820. The van der Waals surface area contributed by atoms with Gasteiger partial charge < -0.3 is 5.11 Å². The van der Waals surface area contributed by atoms with Crippen molar-refractivity contribution in [3.05, 3.63) is 28.0 Å². The van der Waals surface area contributed by atoms with Crippen LogP contribution in [0.5, 0.6) is 0 Å². The highest BCUT2D eigenvalue weighted by Crippen LogP contribution is 2.18. The van der Waals surface area contributed by atoms with Gasteiger partial charge in [0.05, 0.1) is 6.26 Å². The zero-order valence-corrected chi connectivity index (χ0v) is 11.1. The molecule has 0 unspecified atom stereocenters. The smallest absolute Gasteiger partial charge is 0.328 e. The molecule has 1 rings (SSSR count). The summed E-state index contributed by atoms with van der Waals surface area (Å²) in [6, 6.07) is 1.77. The molecule has 0 atom stereocenters. The molecular weight excluding hydrogens is 262 g/mol. The van der Waals surface area contributed by atoms with Crippen LogP contribution in [0.4, 0.5) is 0 Å². The van der Waals surface area contributed by atoms with Gasteiger partial charge in [-0.15, -0.1) is 11.3 Å². The monoisotopic (exact) mass is 275 g/mol. The van der Waals surface area contributed by atoms with E-state index >= 15 is 0 Å². The van der Waals surface area contributed by atoms with Crippen molar-refractivity contribution in [2.24, 2.45) is 0 Å². The molecule has 1 N–H and O–H groups in total. The zero-order chi connectivity index (χ0) is 13.1. The number of sulfonamides is 1. The first-order valence-corrected chi connectivity index (χ1v) is 7.41. The molecule has 0 bridgehead atoms. The summed E-state index contributed by atoms with van der Waals surface area (Å²) in [5.74, 6) is -1.01. The lowest BCUT2D eigenvalue weighted by atomic mass is 10.3. The van der Waals surface area contributed by atoms with Gasteiger partial charge in [-0.3, -0.25) is 0 Å². The largest absolute Gasteiger partial charge is 0.478 e. The molecule has 94 valence electrons. The summed E-state index contributed by atoms with van der Waals surface area (Å²) < 4.78 is 23.6. The molecule has 0 radical (unpaired) electrons. The van der Waals surface area contributed by atoms with Gasteiger partial charge in [-0.25, -0.2) is 17.5 Å². The minimum absolute atomic E-state index is 0.296. The van der Waals surface area contributed by atoms with Crippen molar-refractivity contribution >= 4 is 33.4 Å². The fraction of sp³-hybridized carbons (Fsp3) is 0.300. The van der Waals surface area contributed by atoms with Gasteiger partial charge in [-0.05, 0) is 23.1 Å². The Bertz CT molecular complexity index is 530. The van der Waals surface area contributed by atoms with E-state index in [1.807, 2.05) is 0 Å². The van der Waals surface area contributed by atoms with Crippen LogP contribution in [0.1, 0.15) is 10.4 Å². The molecule has 0 saturated heterocycles. The zero-order valence-electron chi connectivity index (χ0n) is 9.45. The number of aliphatic carboxylic acids is 1. The van der Waals surface area contributed by atoms with Gasteiger partial charge in [0.2, 0.25) is 10.0 Å². The van der Waals surface area contributed by atoms with E-state index < -0.39 is 16.0 Å². The van der Waals surface area contributed by atoms with E-state index in [1.54, 1.807) is 11.4 Å². The number of carboxylic acid groups (broad SMARTS) is 1. The summed E-state index contributed by atoms with van der Waals surface area (Å²) in [4.78, 5) is 11.2. The van der Waals surface area contributed by atoms with Crippen LogP contribution in [-0.2, 0) is 21.4 Å². The lowest BCUT2D eigenvalue weighted by molar-refractivity contribution is -0.131. The van der Waals surface area contributed by atoms with E-state index in [0.29, 0.717) is 6.54 Å². The van der Waals surface area contributed by atoms with Crippen LogP contribution in [0.15, 0.2) is 17.5 Å². The van der Waals surface area contributed by atoms with Crippen LogP contribution >= 0.6 is 11.3 Å². The van der Waals surface area contributed by atoms with Gasteiger partial charge in [0.25, 0.3) is 0 Å². The summed E-state index contributed by atoms with van der Waals surface area (Å²) in [6.07, 6.45) is 3.67. The Hall–Kier alpha value is -1.18. The highest BCUT2D eigenvalue weighted by molar-refractivity contribution is 7.88. The minimum Gasteiger partial charge on any atom is -0.478 e. The lowest BCUT2D eigenvalue weighted by Gasteiger charge is -2.11. The van der Waals surface area contributed by atoms with Crippen molar-refractivity contribution in [2.45, 2.75) is 6.54 Å². The summed E-state index contributed by atoms with van der Waals surface area (Å²) >= 11 is 1.40. The van der Waals surface area contributed by atoms with E-state index in [4.69, 9.17) is 5.11 Å². The number of nitrogens with zero attached hydrogens (tertiary/aromatic N) is 1. The molecule has 0 amide bonds. The molecule has 1 aromatic rings. The van der Waals surface area contributed by atoms with Gasteiger partial charge in [0, 0.05) is 24.5 Å². The highest BCUT2D eigenvalue weighted by atomic mass is 32.2. The van der Waals surface area contributed by atoms with Crippen LogP contribution < -0.4 is 0 Å². The predicted molar refractivity (Wildman–Crippen MR) is 67.3 cm³/mol. The third-order valence-electron chi connectivity index (χ3n) is 2.04. The van der Waals surface area contributed by atoms with Crippen molar-refractivity contribution in [3.63, 3.8) is 0 Å². The maximum atomic E-state index is 11.2. The number of rotatable bonds is 5. The second-order valence-corrected chi connectivity index (χ2v) is 6.62. The Morgan fingerprint density at radius 1 is 1.59 bits per heavy atom. The molecule has 0 aliphatic rings. The molecule has 17 heavy (non-hydrogen) atoms. The third kappa shape index (κ3) is 4.68. The van der Waals surface area contributed by atoms with E-state index in [0.717, 1.165) is 22.8 Å². The number of hydrogen-bond acceptors (Lipinski definition) is 4. The van der Waals surface area contributed by atoms with Gasteiger partial charge in [-0.2, -0.15) is 0 Å². The van der Waals surface area contributed by atoms with Crippen LogP contribution in [0, 0.1) is 0 Å². The van der Waals surface area contributed by atoms with Crippen molar-refractivity contribution in [1.29, 1.82) is 0 Å². The Morgan fingerprint density at radius 2 is 2.24 bits per heavy atom. The SMILES string of the molecule is CN(Cc1cc(/C=C/C(=O)O)cs1)S(C)(=O)=O. The van der Waals surface area contributed by atoms with Gasteiger partial charge in [0.1, 0.15) is 0 Å². The molecule has 7 heteroatoms. The molecule has 0 aromatic carbocycles. The number of carbonyl (C=O) groups is 1. The van der Waals surface area contributed by atoms with Crippen molar-refractivity contribution in [2.75, 3.05) is 13.3 Å².